The summed E-state index contributed by atoms with van der Waals surface area (Å²) in [6.45, 7) is 1.04. The predicted molar refractivity (Wildman–Crippen MR) is 76.3 cm³/mol. The Bertz CT molecular complexity index is 433. The van der Waals surface area contributed by atoms with Gasteiger partial charge in [-0.05, 0) is 42.9 Å². The monoisotopic (exact) mass is 278 g/mol. The fourth-order valence-corrected chi connectivity index (χ4v) is 2.54. The molecule has 110 valence electrons. The van der Waals surface area contributed by atoms with Gasteiger partial charge in [0.25, 0.3) is 0 Å². The third-order valence-electron chi connectivity index (χ3n) is 3.70. The highest BCUT2D eigenvalue weighted by atomic mass is 16.3. The minimum Gasteiger partial charge on any atom is -0.508 e. The van der Waals surface area contributed by atoms with Crippen LogP contribution in [0.5, 0.6) is 5.75 Å². The van der Waals surface area contributed by atoms with Crippen molar-refractivity contribution >= 4 is 6.03 Å². The number of carbonyl (C=O) groups is 1. The van der Waals surface area contributed by atoms with E-state index in [1.54, 1.807) is 24.3 Å². The van der Waals surface area contributed by atoms with Crippen molar-refractivity contribution in [3.63, 3.8) is 0 Å². The summed E-state index contributed by atoms with van der Waals surface area (Å²) in [5.41, 5.74) is 0.936. The zero-order valence-electron chi connectivity index (χ0n) is 11.5. The number of phenolic OH excluding ortho intramolecular Hbond substituents is 1. The Morgan fingerprint density at radius 1 is 1.20 bits per heavy atom. The molecular formula is C15H22N2O3. The van der Waals surface area contributed by atoms with Gasteiger partial charge in [-0.1, -0.05) is 18.6 Å². The maximum atomic E-state index is 11.7. The van der Waals surface area contributed by atoms with Crippen LogP contribution in [0.4, 0.5) is 4.79 Å². The molecule has 1 aromatic rings. The molecule has 0 bridgehead atoms. The van der Waals surface area contributed by atoms with Crippen molar-refractivity contribution in [3.05, 3.63) is 29.8 Å². The van der Waals surface area contributed by atoms with Gasteiger partial charge < -0.3 is 20.8 Å². The van der Waals surface area contributed by atoms with Crippen LogP contribution in [-0.2, 0) is 6.54 Å². The van der Waals surface area contributed by atoms with Crippen molar-refractivity contribution in [2.75, 3.05) is 6.54 Å². The first kappa shape index (κ1) is 14.7. The maximum absolute atomic E-state index is 11.7. The van der Waals surface area contributed by atoms with Gasteiger partial charge in [0.15, 0.2) is 0 Å². The second-order valence-corrected chi connectivity index (χ2v) is 5.42. The number of nitrogens with one attached hydrogen (secondary N) is 2. The molecule has 0 spiro atoms. The van der Waals surface area contributed by atoms with E-state index >= 15 is 0 Å². The smallest absolute Gasteiger partial charge is 0.315 e. The van der Waals surface area contributed by atoms with Crippen LogP contribution < -0.4 is 10.6 Å². The first-order valence-corrected chi connectivity index (χ1v) is 7.11. The molecule has 2 unspecified atom stereocenters. The molecule has 5 nitrogen and oxygen atoms in total. The number of hydrogen-bond donors (Lipinski definition) is 4. The number of aliphatic hydroxyl groups is 1. The molecule has 1 aliphatic carbocycles. The largest absolute Gasteiger partial charge is 0.508 e. The van der Waals surface area contributed by atoms with Crippen LogP contribution in [0.25, 0.3) is 0 Å². The van der Waals surface area contributed by atoms with Gasteiger partial charge in [-0.2, -0.15) is 0 Å². The lowest BCUT2D eigenvalue weighted by atomic mass is 9.87. The number of rotatable bonds is 4. The molecule has 5 heteroatoms. The maximum Gasteiger partial charge on any atom is 0.315 e. The van der Waals surface area contributed by atoms with E-state index in [9.17, 15) is 9.90 Å². The molecule has 4 N–H and O–H groups in total. The van der Waals surface area contributed by atoms with Crippen molar-refractivity contribution in [1.82, 2.24) is 10.6 Å². The highest BCUT2D eigenvalue weighted by Gasteiger charge is 2.20. The van der Waals surface area contributed by atoms with E-state index in [0.717, 1.165) is 31.2 Å². The van der Waals surface area contributed by atoms with Crippen LogP contribution in [0.2, 0.25) is 0 Å². The lowest BCUT2D eigenvalue weighted by Gasteiger charge is -2.25. The minimum atomic E-state index is -0.212. The quantitative estimate of drug-likeness (QED) is 0.677. The first-order chi connectivity index (χ1) is 9.63. The average molecular weight is 278 g/mol. The number of aromatic hydroxyl groups is 1. The van der Waals surface area contributed by atoms with Crippen molar-refractivity contribution in [2.24, 2.45) is 5.92 Å². The van der Waals surface area contributed by atoms with E-state index in [2.05, 4.69) is 10.6 Å². The van der Waals surface area contributed by atoms with E-state index < -0.39 is 0 Å². The van der Waals surface area contributed by atoms with Crippen LogP contribution in [-0.4, -0.2) is 28.9 Å². The number of aliphatic hydroxyl groups excluding tert-OH is 1. The molecule has 0 saturated heterocycles. The lowest BCUT2D eigenvalue weighted by Crippen LogP contribution is -2.39. The zero-order valence-corrected chi connectivity index (χ0v) is 11.5. The summed E-state index contributed by atoms with van der Waals surface area (Å²) in [6.07, 6.45) is 3.54. The number of phenols is 1. The van der Waals surface area contributed by atoms with E-state index in [4.69, 9.17) is 5.11 Å². The molecule has 2 amide bonds. The number of carbonyl (C=O) groups excluding carboxylic acids is 1. The van der Waals surface area contributed by atoms with Crippen LogP contribution >= 0.6 is 0 Å². The van der Waals surface area contributed by atoms with Crippen molar-refractivity contribution in [3.8, 4) is 5.75 Å². The van der Waals surface area contributed by atoms with Crippen molar-refractivity contribution < 1.29 is 15.0 Å². The van der Waals surface area contributed by atoms with Crippen LogP contribution in [0.3, 0.4) is 0 Å². The lowest BCUT2D eigenvalue weighted by molar-refractivity contribution is 0.101. The van der Waals surface area contributed by atoms with Crippen LogP contribution in [0, 0.1) is 5.92 Å². The molecule has 2 atom stereocenters. The van der Waals surface area contributed by atoms with Crippen molar-refractivity contribution in [1.29, 1.82) is 0 Å². The van der Waals surface area contributed by atoms with Gasteiger partial charge in [0.2, 0.25) is 0 Å². The Balaban J connectivity index is 1.66. The summed E-state index contributed by atoms with van der Waals surface area (Å²) in [7, 11) is 0. The second-order valence-electron chi connectivity index (χ2n) is 5.42. The van der Waals surface area contributed by atoms with Gasteiger partial charge in [-0.25, -0.2) is 4.79 Å². The van der Waals surface area contributed by atoms with Gasteiger partial charge >= 0.3 is 6.03 Å². The van der Waals surface area contributed by atoms with Gasteiger partial charge in [-0.15, -0.1) is 0 Å². The molecule has 2 rings (SSSR count). The van der Waals surface area contributed by atoms with E-state index in [0.29, 0.717) is 19.0 Å². The summed E-state index contributed by atoms with van der Waals surface area (Å²) in [6, 6.07) is 6.54. The first-order valence-electron chi connectivity index (χ1n) is 7.11. The van der Waals surface area contributed by atoms with Gasteiger partial charge in [0.1, 0.15) is 5.75 Å². The highest BCUT2D eigenvalue weighted by Crippen LogP contribution is 2.23. The highest BCUT2D eigenvalue weighted by molar-refractivity contribution is 5.73. The van der Waals surface area contributed by atoms with Gasteiger partial charge in [0.05, 0.1) is 6.10 Å². The normalized spacial score (nSPS) is 22.2. The standard InChI is InChI=1S/C15H22N2O3/c18-13-6-4-11(5-7-13)9-16-15(20)17-10-12-2-1-3-14(19)8-12/h4-7,12,14,18-19H,1-3,8-10H2,(H2,16,17,20). The fraction of sp³-hybridized carbons (Fsp3) is 0.533. The number of urea groups is 1. The van der Waals surface area contributed by atoms with Gasteiger partial charge in [-0.3, -0.25) is 0 Å². The molecule has 0 heterocycles. The molecule has 1 aliphatic rings. The summed E-state index contributed by atoms with van der Waals surface area (Å²) < 4.78 is 0. The molecule has 0 radical (unpaired) electrons. The topological polar surface area (TPSA) is 81.6 Å². The molecule has 1 aromatic carbocycles. The summed E-state index contributed by atoms with van der Waals surface area (Å²) in [5.74, 6) is 0.590. The third kappa shape index (κ3) is 4.74. The van der Waals surface area contributed by atoms with Crippen LogP contribution in [0.1, 0.15) is 31.2 Å². The molecule has 1 fully saturated rings. The average Bonchev–Trinajstić information content (AvgIpc) is 2.45. The Labute approximate surface area is 119 Å². The number of benzene rings is 1. The molecular weight excluding hydrogens is 256 g/mol. The second kappa shape index (κ2) is 7.14. The fourth-order valence-electron chi connectivity index (χ4n) is 2.54. The summed E-state index contributed by atoms with van der Waals surface area (Å²) in [4.78, 5) is 11.7. The Morgan fingerprint density at radius 2 is 1.95 bits per heavy atom. The number of hydrogen-bond acceptors (Lipinski definition) is 3. The summed E-state index contributed by atoms with van der Waals surface area (Å²) >= 11 is 0. The van der Waals surface area contributed by atoms with Gasteiger partial charge in [0, 0.05) is 13.1 Å². The Kier molecular flexibility index (Phi) is 5.24. The zero-order chi connectivity index (χ0) is 14.4. The molecule has 0 aliphatic heterocycles. The third-order valence-corrected chi connectivity index (χ3v) is 3.70. The van der Waals surface area contributed by atoms with E-state index in [-0.39, 0.29) is 17.9 Å². The van der Waals surface area contributed by atoms with E-state index in [1.165, 1.54) is 0 Å². The molecule has 20 heavy (non-hydrogen) atoms. The predicted octanol–water partition coefficient (Wildman–Crippen LogP) is 1.74. The van der Waals surface area contributed by atoms with Crippen LogP contribution in [0.15, 0.2) is 24.3 Å². The molecule has 0 aromatic heterocycles. The van der Waals surface area contributed by atoms with E-state index in [1.807, 2.05) is 0 Å². The number of amides is 2. The minimum absolute atomic E-state index is 0.196. The molecule has 1 saturated carbocycles. The summed E-state index contributed by atoms with van der Waals surface area (Å²) in [5, 5.41) is 24.4. The Morgan fingerprint density at radius 3 is 2.65 bits per heavy atom. The van der Waals surface area contributed by atoms with Crippen molar-refractivity contribution in [2.45, 2.75) is 38.3 Å². The Hall–Kier alpha value is -1.75. The SMILES string of the molecule is O=C(NCc1ccc(O)cc1)NCC1CCCC(O)C1.